The molecule has 0 N–H and O–H groups in total. The fourth-order valence-corrected chi connectivity index (χ4v) is 1.54. The summed E-state index contributed by atoms with van der Waals surface area (Å²) >= 11 is 0. The van der Waals surface area contributed by atoms with E-state index in [9.17, 15) is 5.21 Å². The summed E-state index contributed by atoms with van der Waals surface area (Å²) in [6.45, 7) is 0. The largest absolute Gasteiger partial charge is 0.594 e. The minimum absolute atomic E-state index is 0.518. The number of benzene rings is 2. The topological polar surface area (TPSA) is 41.7 Å². The van der Waals surface area contributed by atoms with E-state index in [2.05, 4.69) is 5.11 Å². The summed E-state index contributed by atoms with van der Waals surface area (Å²) in [7, 11) is 3.91. The van der Waals surface area contributed by atoms with Crippen molar-refractivity contribution in [2.45, 2.75) is 0 Å². The molecule has 0 saturated carbocycles. The van der Waals surface area contributed by atoms with E-state index in [1.165, 1.54) is 0 Å². The lowest BCUT2D eigenvalue weighted by atomic mass is 10.3. The summed E-state index contributed by atoms with van der Waals surface area (Å²) in [5.74, 6) is 0. The minimum atomic E-state index is 0.518. The van der Waals surface area contributed by atoms with Gasteiger partial charge in [0.15, 0.2) is 0 Å². The van der Waals surface area contributed by atoms with Crippen molar-refractivity contribution in [3.8, 4) is 0 Å². The number of azo groups is 1. The van der Waals surface area contributed by atoms with Crippen LogP contribution < -0.4 is 4.90 Å². The van der Waals surface area contributed by atoms with E-state index in [4.69, 9.17) is 0 Å². The molecule has 92 valence electrons. The van der Waals surface area contributed by atoms with Crippen molar-refractivity contribution in [3.63, 3.8) is 0 Å². The molecule has 4 heteroatoms. The standard InChI is InChI=1S/C14H15N3O/c1-16(2)13-8-10-14(11-9-13)17(18)15-12-6-4-3-5-7-12/h3-11H,1-2H3. The Morgan fingerprint density at radius 3 is 2.11 bits per heavy atom. The van der Waals surface area contributed by atoms with Gasteiger partial charge in [0, 0.05) is 37.0 Å². The third kappa shape index (κ3) is 2.85. The molecule has 0 spiro atoms. The Bertz CT molecular complexity index is 533. The van der Waals surface area contributed by atoms with Gasteiger partial charge in [0.25, 0.3) is 0 Å². The average molecular weight is 241 g/mol. The molecule has 2 aromatic rings. The quantitative estimate of drug-likeness (QED) is 0.467. The molecule has 0 saturated heterocycles. The molecule has 0 aromatic heterocycles. The first-order valence-electron chi connectivity index (χ1n) is 5.68. The SMILES string of the molecule is CN(C)c1ccc([N+]([O-])=Nc2ccccc2)cc1. The van der Waals surface area contributed by atoms with Crippen molar-refractivity contribution in [2.75, 3.05) is 19.0 Å². The van der Waals surface area contributed by atoms with Crippen LogP contribution in [0, 0.1) is 5.21 Å². The van der Waals surface area contributed by atoms with Crippen molar-refractivity contribution < 1.29 is 4.86 Å². The zero-order chi connectivity index (χ0) is 13.0. The fraction of sp³-hybridized carbons (Fsp3) is 0.143. The second-order valence-electron chi connectivity index (χ2n) is 4.12. The van der Waals surface area contributed by atoms with Gasteiger partial charge < -0.3 is 10.1 Å². The van der Waals surface area contributed by atoms with E-state index in [-0.39, 0.29) is 0 Å². The molecule has 0 amide bonds. The molecule has 0 fully saturated rings. The second-order valence-corrected chi connectivity index (χ2v) is 4.12. The zero-order valence-electron chi connectivity index (χ0n) is 10.4. The summed E-state index contributed by atoms with van der Waals surface area (Å²) < 4.78 is 0. The van der Waals surface area contributed by atoms with Gasteiger partial charge in [-0.25, -0.2) is 0 Å². The third-order valence-electron chi connectivity index (χ3n) is 2.55. The van der Waals surface area contributed by atoms with Gasteiger partial charge in [-0.1, -0.05) is 23.1 Å². The molecule has 0 aliphatic carbocycles. The molecular weight excluding hydrogens is 226 g/mol. The Kier molecular flexibility index (Phi) is 3.57. The van der Waals surface area contributed by atoms with Crippen LogP contribution >= 0.6 is 0 Å². The maximum absolute atomic E-state index is 11.8. The van der Waals surface area contributed by atoms with Crippen LogP contribution in [-0.4, -0.2) is 19.0 Å². The zero-order valence-corrected chi connectivity index (χ0v) is 10.4. The Labute approximate surface area is 106 Å². The Morgan fingerprint density at radius 1 is 0.944 bits per heavy atom. The van der Waals surface area contributed by atoms with Crippen LogP contribution in [0.2, 0.25) is 0 Å². The molecule has 0 atom stereocenters. The van der Waals surface area contributed by atoms with Crippen LogP contribution in [0.5, 0.6) is 0 Å². The Hall–Kier alpha value is -2.36. The first kappa shape index (κ1) is 12.1. The van der Waals surface area contributed by atoms with Gasteiger partial charge in [-0.05, 0) is 24.3 Å². The van der Waals surface area contributed by atoms with Crippen molar-refractivity contribution in [3.05, 3.63) is 59.8 Å². The summed E-state index contributed by atoms with van der Waals surface area (Å²) in [4.78, 5) is 2.61. The van der Waals surface area contributed by atoms with Gasteiger partial charge in [0.1, 0.15) is 5.69 Å². The summed E-state index contributed by atoms with van der Waals surface area (Å²) in [5.41, 5.74) is 2.21. The normalized spacial score (nSPS) is 11.3. The molecule has 0 radical (unpaired) electrons. The van der Waals surface area contributed by atoms with Crippen molar-refractivity contribution in [1.29, 1.82) is 0 Å². The molecule has 2 aromatic carbocycles. The van der Waals surface area contributed by atoms with Crippen molar-refractivity contribution in [2.24, 2.45) is 5.11 Å². The van der Waals surface area contributed by atoms with Crippen LogP contribution in [0.1, 0.15) is 0 Å². The van der Waals surface area contributed by atoms with Gasteiger partial charge in [-0.2, -0.15) is 0 Å². The predicted molar refractivity (Wildman–Crippen MR) is 72.6 cm³/mol. The first-order chi connectivity index (χ1) is 8.66. The van der Waals surface area contributed by atoms with E-state index in [0.717, 1.165) is 5.69 Å². The summed E-state index contributed by atoms with van der Waals surface area (Å²) in [6.07, 6.45) is 0. The van der Waals surface area contributed by atoms with E-state index < -0.39 is 0 Å². The average Bonchev–Trinajstić information content (AvgIpc) is 2.40. The van der Waals surface area contributed by atoms with Gasteiger partial charge in [0.2, 0.25) is 5.69 Å². The lowest BCUT2D eigenvalue weighted by Gasteiger charge is -2.11. The second kappa shape index (κ2) is 5.31. The van der Waals surface area contributed by atoms with Crippen molar-refractivity contribution in [1.82, 2.24) is 0 Å². The highest BCUT2D eigenvalue weighted by Crippen LogP contribution is 2.20. The van der Waals surface area contributed by atoms with Crippen LogP contribution in [-0.2, 0) is 0 Å². The molecule has 4 nitrogen and oxygen atoms in total. The monoisotopic (exact) mass is 241 g/mol. The number of nitrogens with zero attached hydrogens (tertiary/aromatic N) is 3. The number of anilines is 1. The highest BCUT2D eigenvalue weighted by atomic mass is 16.5. The molecule has 0 heterocycles. The highest BCUT2D eigenvalue weighted by molar-refractivity contribution is 5.49. The summed E-state index contributed by atoms with van der Waals surface area (Å²) in [6, 6.07) is 16.5. The lowest BCUT2D eigenvalue weighted by molar-refractivity contribution is -0.435. The molecule has 0 aliphatic rings. The maximum Gasteiger partial charge on any atom is 0.245 e. The smallest absolute Gasteiger partial charge is 0.245 e. The third-order valence-corrected chi connectivity index (χ3v) is 2.55. The van der Waals surface area contributed by atoms with Crippen LogP contribution in [0.15, 0.2) is 59.7 Å². The lowest BCUT2D eigenvalue weighted by Crippen LogP contribution is -2.08. The minimum Gasteiger partial charge on any atom is -0.594 e. The van der Waals surface area contributed by atoms with E-state index in [0.29, 0.717) is 16.2 Å². The number of rotatable bonds is 3. The number of hydrogen-bond acceptors (Lipinski definition) is 3. The Balaban J connectivity index is 2.24. The molecule has 0 unspecified atom stereocenters. The highest BCUT2D eigenvalue weighted by Gasteiger charge is 2.04. The Morgan fingerprint density at radius 2 is 1.56 bits per heavy atom. The van der Waals surface area contributed by atoms with E-state index >= 15 is 0 Å². The molecular formula is C14H15N3O. The van der Waals surface area contributed by atoms with Crippen LogP contribution in [0.3, 0.4) is 0 Å². The van der Waals surface area contributed by atoms with Crippen molar-refractivity contribution >= 4 is 17.1 Å². The van der Waals surface area contributed by atoms with Crippen LogP contribution in [0.25, 0.3) is 0 Å². The maximum atomic E-state index is 11.8. The molecule has 2 rings (SSSR count). The van der Waals surface area contributed by atoms with E-state index in [1.807, 2.05) is 49.3 Å². The van der Waals surface area contributed by atoms with Gasteiger partial charge in [-0.15, -0.1) is 0 Å². The van der Waals surface area contributed by atoms with Gasteiger partial charge in [-0.3, -0.25) is 0 Å². The summed E-state index contributed by atoms with van der Waals surface area (Å²) in [5, 5.41) is 15.8. The molecule has 0 bridgehead atoms. The fourth-order valence-electron chi connectivity index (χ4n) is 1.54. The predicted octanol–water partition coefficient (Wildman–Crippen LogP) is 3.68. The van der Waals surface area contributed by atoms with Crippen LogP contribution in [0.4, 0.5) is 17.1 Å². The van der Waals surface area contributed by atoms with Gasteiger partial charge >= 0.3 is 0 Å². The first-order valence-corrected chi connectivity index (χ1v) is 5.68. The van der Waals surface area contributed by atoms with E-state index in [1.54, 1.807) is 24.3 Å². The molecule has 18 heavy (non-hydrogen) atoms. The molecule has 0 aliphatic heterocycles. The number of hydrogen-bond donors (Lipinski definition) is 0. The van der Waals surface area contributed by atoms with Gasteiger partial charge in [0.05, 0.1) is 0 Å².